The zero-order valence-electron chi connectivity index (χ0n) is 10.3. The molecular formula is C12H16N4S. The molecule has 0 bridgehead atoms. The fourth-order valence-corrected chi connectivity index (χ4v) is 2.13. The Bertz CT molecular complexity index is 582. The maximum Gasteiger partial charge on any atom is 0.199 e. The Hall–Kier alpha value is -1.49. The third-order valence-corrected chi connectivity index (χ3v) is 2.93. The maximum atomic E-state index is 5.28. The van der Waals surface area contributed by atoms with E-state index in [4.69, 9.17) is 12.2 Å². The van der Waals surface area contributed by atoms with Crippen LogP contribution >= 0.6 is 12.2 Å². The number of aryl methyl sites for hydroxylation is 3. The second kappa shape index (κ2) is 4.79. The molecule has 0 fully saturated rings. The van der Waals surface area contributed by atoms with Gasteiger partial charge in [-0.1, -0.05) is 6.92 Å². The molecule has 17 heavy (non-hydrogen) atoms. The van der Waals surface area contributed by atoms with E-state index in [-0.39, 0.29) is 0 Å². The lowest BCUT2D eigenvalue weighted by molar-refractivity contribution is 0.796. The molecule has 0 spiro atoms. The minimum absolute atomic E-state index is 0.627. The van der Waals surface area contributed by atoms with Crippen LogP contribution in [0.15, 0.2) is 12.1 Å². The third kappa shape index (κ3) is 2.29. The van der Waals surface area contributed by atoms with Crippen LogP contribution in [0.25, 0.3) is 5.69 Å². The summed E-state index contributed by atoms with van der Waals surface area (Å²) in [7, 11) is 0. The number of aromatic nitrogens is 4. The fourth-order valence-electron chi connectivity index (χ4n) is 1.88. The van der Waals surface area contributed by atoms with Gasteiger partial charge in [-0.2, -0.15) is 5.10 Å². The predicted molar refractivity (Wildman–Crippen MR) is 70.0 cm³/mol. The average Bonchev–Trinajstić information content (AvgIpc) is 2.62. The van der Waals surface area contributed by atoms with Crippen molar-refractivity contribution in [2.24, 2.45) is 0 Å². The molecule has 2 aromatic rings. The zero-order valence-corrected chi connectivity index (χ0v) is 11.1. The number of nitrogens with one attached hydrogen (secondary N) is 1. The highest BCUT2D eigenvalue weighted by Gasteiger charge is 2.10. The van der Waals surface area contributed by atoms with Gasteiger partial charge < -0.3 is 0 Å². The minimum atomic E-state index is 0.627. The zero-order chi connectivity index (χ0) is 12.4. The van der Waals surface area contributed by atoms with E-state index < -0.39 is 0 Å². The molecule has 0 amide bonds. The van der Waals surface area contributed by atoms with Gasteiger partial charge in [-0.05, 0) is 44.6 Å². The molecular weight excluding hydrogens is 232 g/mol. The first-order valence-electron chi connectivity index (χ1n) is 5.74. The van der Waals surface area contributed by atoms with Crippen LogP contribution in [0.2, 0.25) is 0 Å². The molecule has 2 rings (SSSR count). The maximum absolute atomic E-state index is 5.28. The highest BCUT2D eigenvalue weighted by atomic mass is 32.1. The number of aromatic amines is 1. The standard InChI is InChI=1S/C12H16N4S/c1-4-5-11-14-15-12(17)16(11)10-7-6-8(2)13-9(10)3/h6-7H,4-5H2,1-3H3,(H,15,17). The normalized spacial score (nSPS) is 10.8. The Morgan fingerprint density at radius 1 is 1.35 bits per heavy atom. The molecule has 0 saturated heterocycles. The Labute approximate surface area is 106 Å². The van der Waals surface area contributed by atoms with Crippen LogP contribution in [0.1, 0.15) is 30.6 Å². The van der Waals surface area contributed by atoms with Gasteiger partial charge in [0.2, 0.25) is 0 Å². The van der Waals surface area contributed by atoms with Crippen molar-refractivity contribution >= 4 is 12.2 Å². The largest absolute Gasteiger partial charge is 0.270 e. The van der Waals surface area contributed by atoms with Gasteiger partial charge in [0.1, 0.15) is 5.82 Å². The van der Waals surface area contributed by atoms with Crippen LogP contribution in [-0.2, 0) is 6.42 Å². The number of hydrogen-bond acceptors (Lipinski definition) is 3. The summed E-state index contributed by atoms with van der Waals surface area (Å²) < 4.78 is 2.60. The summed E-state index contributed by atoms with van der Waals surface area (Å²) in [5, 5.41) is 7.11. The fraction of sp³-hybridized carbons (Fsp3) is 0.417. The first-order chi connectivity index (χ1) is 8.13. The molecule has 0 aromatic carbocycles. The number of hydrogen-bond donors (Lipinski definition) is 1. The topological polar surface area (TPSA) is 46.5 Å². The first kappa shape index (κ1) is 12.0. The smallest absolute Gasteiger partial charge is 0.199 e. The van der Waals surface area contributed by atoms with Crippen LogP contribution in [0, 0.1) is 18.6 Å². The predicted octanol–water partition coefficient (Wildman–Crippen LogP) is 2.89. The second-order valence-electron chi connectivity index (χ2n) is 4.09. The molecule has 0 radical (unpaired) electrons. The van der Waals surface area contributed by atoms with E-state index in [1.807, 2.05) is 30.5 Å². The molecule has 1 N–H and O–H groups in total. The van der Waals surface area contributed by atoms with E-state index in [1.165, 1.54) is 0 Å². The summed E-state index contributed by atoms with van der Waals surface area (Å²) in [5.74, 6) is 0.964. The van der Waals surface area contributed by atoms with Gasteiger partial charge in [0, 0.05) is 12.1 Å². The van der Waals surface area contributed by atoms with Gasteiger partial charge in [-0.15, -0.1) is 0 Å². The van der Waals surface area contributed by atoms with Crippen molar-refractivity contribution in [2.45, 2.75) is 33.6 Å². The summed E-state index contributed by atoms with van der Waals surface area (Å²) in [5.41, 5.74) is 3.00. The summed E-state index contributed by atoms with van der Waals surface area (Å²) in [6, 6.07) is 4.04. The Morgan fingerprint density at radius 3 is 2.76 bits per heavy atom. The molecule has 0 aliphatic heterocycles. The minimum Gasteiger partial charge on any atom is -0.270 e. The molecule has 0 aliphatic rings. The molecule has 4 nitrogen and oxygen atoms in total. The van der Waals surface area contributed by atoms with Gasteiger partial charge in [0.05, 0.1) is 11.4 Å². The van der Waals surface area contributed by atoms with Gasteiger partial charge in [0.25, 0.3) is 0 Å². The second-order valence-corrected chi connectivity index (χ2v) is 4.47. The van der Waals surface area contributed by atoms with Crippen molar-refractivity contribution < 1.29 is 0 Å². The Kier molecular flexibility index (Phi) is 3.38. The van der Waals surface area contributed by atoms with Gasteiger partial charge in [0.15, 0.2) is 4.77 Å². The first-order valence-corrected chi connectivity index (χ1v) is 6.15. The molecule has 0 unspecified atom stereocenters. The van der Waals surface area contributed by atoms with E-state index in [0.29, 0.717) is 4.77 Å². The number of pyridine rings is 1. The van der Waals surface area contributed by atoms with Crippen molar-refractivity contribution in [3.05, 3.63) is 34.1 Å². The van der Waals surface area contributed by atoms with E-state index in [9.17, 15) is 0 Å². The third-order valence-electron chi connectivity index (χ3n) is 2.65. The molecule has 0 aliphatic carbocycles. The van der Waals surface area contributed by atoms with Crippen molar-refractivity contribution in [1.29, 1.82) is 0 Å². The number of H-pyrrole nitrogens is 1. The highest BCUT2D eigenvalue weighted by Crippen LogP contribution is 2.15. The van der Waals surface area contributed by atoms with Crippen LogP contribution < -0.4 is 0 Å². The summed E-state index contributed by atoms with van der Waals surface area (Å²) in [6.07, 6.45) is 1.94. The SMILES string of the molecule is CCCc1n[nH]c(=S)n1-c1ccc(C)nc1C. The number of rotatable bonds is 3. The van der Waals surface area contributed by atoms with Crippen LogP contribution in [0.5, 0.6) is 0 Å². The monoisotopic (exact) mass is 248 g/mol. The molecule has 2 aromatic heterocycles. The van der Waals surface area contributed by atoms with Crippen molar-refractivity contribution in [2.75, 3.05) is 0 Å². The lowest BCUT2D eigenvalue weighted by Gasteiger charge is -2.09. The van der Waals surface area contributed by atoms with Crippen molar-refractivity contribution in [1.82, 2.24) is 19.7 Å². The molecule has 5 heteroatoms. The van der Waals surface area contributed by atoms with Crippen LogP contribution in [0.3, 0.4) is 0 Å². The molecule has 0 atom stereocenters. The summed E-state index contributed by atoms with van der Waals surface area (Å²) >= 11 is 5.28. The van der Waals surface area contributed by atoms with Gasteiger partial charge in [-0.3, -0.25) is 14.6 Å². The quantitative estimate of drug-likeness (QED) is 0.850. The molecule has 2 heterocycles. The van der Waals surface area contributed by atoms with E-state index in [1.54, 1.807) is 0 Å². The average molecular weight is 248 g/mol. The lowest BCUT2D eigenvalue weighted by atomic mass is 10.2. The molecule has 90 valence electrons. The van der Waals surface area contributed by atoms with Gasteiger partial charge in [-0.25, -0.2) is 0 Å². The summed E-state index contributed by atoms with van der Waals surface area (Å²) in [4.78, 5) is 4.46. The van der Waals surface area contributed by atoms with Crippen molar-refractivity contribution in [3.8, 4) is 5.69 Å². The van der Waals surface area contributed by atoms with E-state index >= 15 is 0 Å². The van der Waals surface area contributed by atoms with Crippen LogP contribution in [0.4, 0.5) is 0 Å². The van der Waals surface area contributed by atoms with Gasteiger partial charge >= 0.3 is 0 Å². The highest BCUT2D eigenvalue weighted by molar-refractivity contribution is 7.71. The lowest BCUT2D eigenvalue weighted by Crippen LogP contribution is -2.05. The molecule has 0 saturated carbocycles. The van der Waals surface area contributed by atoms with Crippen molar-refractivity contribution in [3.63, 3.8) is 0 Å². The summed E-state index contributed by atoms with van der Waals surface area (Å²) in [6.45, 7) is 6.10. The van der Waals surface area contributed by atoms with E-state index in [0.717, 1.165) is 35.7 Å². The number of nitrogens with zero attached hydrogens (tertiary/aromatic N) is 3. The Balaban J connectivity index is 2.59. The van der Waals surface area contributed by atoms with E-state index in [2.05, 4.69) is 22.1 Å². The Morgan fingerprint density at radius 2 is 2.12 bits per heavy atom. The van der Waals surface area contributed by atoms with Crippen LogP contribution in [-0.4, -0.2) is 19.7 Å².